The maximum atomic E-state index is 12.0. The van der Waals surface area contributed by atoms with Crippen LogP contribution in [0, 0.1) is 13.8 Å². The van der Waals surface area contributed by atoms with Gasteiger partial charge in [-0.15, -0.1) is 0 Å². The van der Waals surface area contributed by atoms with Gasteiger partial charge in [-0.1, -0.05) is 6.92 Å². The Bertz CT molecular complexity index is 1080. The second-order valence-electron chi connectivity index (χ2n) is 6.22. The molecule has 0 saturated heterocycles. The van der Waals surface area contributed by atoms with Gasteiger partial charge >= 0.3 is 5.69 Å². The zero-order valence-electron chi connectivity index (χ0n) is 14.4. The standard InChI is InChI=1S/C19H19N5O/c1-4-17-22-23-19(25)24(17)14-7-5-13(6-8-14)18-20-15-9-11(2)12(3)10-16(15)21-18/h5-10H,4H2,1-3H3,(H,20,21)(H,23,25). The van der Waals surface area contributed by atoms with E-state index in [1.165, 1.54) is 11.1 Å². The van der Waals surface area contributed by atoms with Crippen LogP contribution in [-0.2, 0) is 6.42 Å². The summed E-state index contributed by atoms with van der Waals surface area (Å²) in [6, 6.07) is 12.0. The van der Waals surface area contributed by atoms with Crippen LogP contribution in [0.1, 0.15) is 23.9 Å². The minimum absolute atomic E-state index is 0.223. The van der Waals surface area contributed by atoms with Crippen LogP contribution in [0.4, 0.5) is 0 Å². The molecule has 4 aromatic rings. The van der Waals surface area contributed by atoms with Crippen LogP contribution in [0.5, 0.6) is 0 Å². The van der Waals surface area contributed by atoms with Crippen molar-refractivity contribution in [3.63, 3.8) is 0 Å². The average Bonchev–Trinajstić information content (AvgIpc) is 3.18. The van der Waals surface area contributed by atoms with E-state index in [1.807, 2.05) is 31.2 Å². The molecule has 0 aliphatic rings. The molecule has 4 rings (SSSR count). The molecule has 0 aliphatic heterocycles. The molecule has 0 radical (unpaired) electrons. The predicted molar refractivity (Wildman–Crippen MR) is 98.1 cm³/mol. The topological polar surface area (TPSA) is 79.4 Å². The van der Waals surface area contributed by atoms with Crippen LogP contribution in [0.3, 0.4) is 0 Å². The van der Waals surface area contributed by atoms with Crippen molar-refractivity contribution in [1.29, 1.82) is 0 Å². The molecule has 0 aliphatic carbocycles. The van der Waals surface area contributed by atoms with Gasteiger partial charge in [0, 0.05) is 12.0 Å². The van der Waals surface area contributed by atoms with Crippen molar-refractivity contribution in [2.24, 2.45) is 0 Å². The Kier molecular flexibility index (Phi) is 3.53. The van der Waals surface area contributed by atoms with Crippen LogP contribution in [0.15, 0.2) is 41.2 Å². The van der Waals surface area contributed by atoms with Gasteiger partial charge in [0.05, 0.1) is 16.7 Å². The molecule has 2 aromatic carbocycles. The van der Waals surface area contributed by atoms with Crippen molar-refractivity contribution in [2.45, 2.75) is 27.2 Å². The molecule has 6 nitrogen and oxygen atoms in total. The summed E-state index contributed by atoms with van der Waals surface area (Å²) in [6.07, 6.45) is 0.683. The Morgan fingerprint density at radius 3 is 2.52 bits per heavy atom. The molecule has 2 aromatic heterocycles. The number of hydrogen-bond donors (Lipinski definition) is 2. The first-order valence-electron chi connectivity index (χ1n) is 8.31. The maximum Gasteiger partial charge on any atom is 0.347 e. The van der Waals surface area contributed by atoms with E-state index in [2.05, 4.69) is 46.1 Å². The number of H-pyrrole nitrogens is 2. The van der Waals surface area contributed by atoms with Crippen molar-refractivity contribution in [3.8, 4) is 17.1 Å². The smallest absolute Gasteiger partial charge is 0.338 e. The fourth-order valence-electron chi connectivity index (χ4n) is 3.01. The van der Waals surface area contributed by atoms with Crippen LogP contribution < -0.4 is 5.69 Å². The summed E-state index contributed by atoms with van der Waals surface area (Å²) in [5.41, 5.74) is 6.01. The minimum atomic E-state index is -0.223. The quantitative estimate of drug-likeness (QED) is 0.604. The number of hydrogen-bond acceptors (Lipinski definition) is 3. The highest BCUT2D eigenvalue weighted by Gasteiger charge is 2.10. The van der Waals surface area contributed by atoms with Gasteiger partial charge in [0.25, 0.3) is 0 Å². The number of nitrogens with zero attached hydrogens (tertiary/aromatic N) is 3. The number of aromatic amines is 2. The lowest BCUT2D eigenvalue weighted by Crippen LogP contribution is -2.16. The van der Waals surface area contributed by atoms with Gasteiger partial charge in [-0.3, -0.25) is 0 Å². The van der Waals surface area contributed by atoms with Crippen molar-refractivity contribution < 1.29 is 0 Å². The summed E-state index contributed by atoms with van der Waals surface area (Å²) in [5.74, 6) is 1.54. The molecule has 2 heterocycles. The van der Waals surface area contributed by atoms with Crippen LogP contribution in [0.2, 0.25) is 0 Å². The van der Waals surface area contributed by atoms with E-state index in [0.29, 0.717) is 12.2 Å². The molecule has 0 bridgehead atoms. The second kappa shape index (κ2) is 5.73. The van der Waals surface area contributed by atoms with Gasteiger partial charge < -0.3 is 4.98 Å². The molecule has 0 fully saturated rings. The van der Waals surface area contributed by atoms with E-state index >= 15 is 0 Å². The summed E-state index contributed by atoms with van der Waals surface area (Å²) in [6.45, 7) is 6.16. The van der Waals surface area contributed by atoms with Crippen molar-refractivity contribution in [1.82, 2.24) is 24.7 Å². The number of imidazole rings is 1. The first kappa shape index (κ1) is 15.4. The molecule has 0 spiro atoms. The lowest BCUT2D eigenvalue weighted by Gasteiger charge is -2.05. The van der Waals surface area contributed by atoms with E-state index in [-0.39, 0.29) is 5.69 Å². The van der Waals surface area contributed by atoms with Gasteiger partial charge in [0.2, 0.25) is 0 Å². The van der Waals surface area contributed by atoms with E-state index in [1.54, 1.807) is 4.57 Å². The van der Waals surface area contributed by atoms with Crippen LogP contribution in [0.25, 0.3) is 28.1 Å². The summed E-state index contributed by atoms with van der Waals surface area (Å²) in [4.78, 5) is 20.0. The number of fused-ring (bicyclic) bond motifs is 1. The van der Waals surface area contributed by atoms with Crippen LogP contribution >= 0.6 is 0 Å². The molecular weight excluding hydrogens is 314 g/mol. The highest BCUT2D eigenvalue weighted by Crippen LogP contribution is 2.24. The third kappa shape index (κ3) is 2.55. The predicted octanol–water partition coefficient (Wildman–Crippen LogP) is 3.28. The van der Waals surface area contributed by atoms with Gasteiger partial charge in [-0.25, -0.2) is 19.4 Å². The molecule has 0 saturated carbocycles. The first-order chi connectivity index (χ1) is 12.1. The molecule has 0 unspecified atom stereocenters. The van der Waals surface area contributed by atoms with Crippen molar-refractivity contribution in [3.05, 3.63) is 63.8 Å². The lowest BCUT2D eigenvalue weighted by molar-refractivity contribution is 0.873. The van der Waals surface area contributed by atoms with Crippen molar-refractivity contribution in [2.75, 3.05) is 0 Å². The number of rotatable bonds is 3. The lowest BCUT2D eigenvalue weighted by atomic mass is 10.1. The van der Waals surface area contributed by atoms with Crippen LogP contribution in [-0.4, -0.2) is 24.7 Å². The zero-order valence-corrected chi connectivity index (χ0v) is 14.4. The average molecular weight is 333 g/mol. The molecule has 0 atom stereocenters. The summed E-state index contributed by atoms with van der Waals surface area (Å²) in [7, 11) is 0. The Morgan fingerprint density at radius 1 is 1.08 bits per heavy atom. The van der Waals surface area contributed by atoms with Crippen molar-refractivity contribution >= 4 is 11.0 Å². The largest absolute Gasteiger partial charge is 0.347 e. The maximum absolute atomic E-state index is 12.0. The van der Waals surface area contributed by atoms with E-state index in [4.69, 9.17) is 0 Å². The first-order valence-corrected chi connectivity index (χ1v) is 8.31. The number of benzene rings is 2. The zero-order chi connectivity index (χ0) is 17.6. The Labute approximate surface area is 144 Å². The van der Waals surface area contributed by atoms with E-state index < -0.39 is 0 Å². The number of aryl methyl sites for hydroxylation is 3. The Balaban J connectivity index is 1.75. The monoisotopic (exact) mass is 333 g/mol. The second-order valence-corrected chi connectivity index (χ2v) is 6.22. The minimum Gasteiger partial charge on any atom is -0.338 e. The summed E-state index contributed by atoms with van der Waals surface area (Å²) >= 11 is 0. The normalized spacial score (nSPS) is 11.3. The summed E-state index contributed by atoms with van der Waals surface area (Å²) in [5, 5.41) is 6.54. The molecule has 2 N–H and O–H groups in total. The van der Waals surface area contributed by atoms with Gasteiger partial charge in [-0.05, 0) is 61.4 Å². The third-order valence-electron chi connectivity index (χ3n) is 4.55. The SMILES string of the molecule is CCc1n[nH]c(=O)n1-c1ccc(-c2nc3cc(C)c(C)cc3[nH]2)cc1. The van der Waals surface area contributed by atoms with E-state index in [0.717, 1.165) is 28.1 Å². The highest BCUT2D eigenvalue weighted by atomic mass is 16.1. The third-order valence-corrected chi connectivity index (χ3v) is 4.55. The molecular formula is C19H19N5O. The molecule has 25 heavy (non-hydrogen) atoms. The fraction of sp³-hybridized carbons (Fsp3) is 0.211. The molecule has 6 heteroatoms. The van der Waals surface area contributed by atoms with Gasteiger partial charge in [-0.2, -0.15) is 5.10 Å². The fourth-order valence-corrected chi connectivity index (χ4v) is 3.01. The molecule has 0 amide bonds. The highest BCUT2D eigenvalue weighted by molar-refractivity contribution is 5.81. The number of aromatic nitrogens is 5. The van der Waals surface area contributed by atoms with Gasteiger partial charge in [0.1, 0.15) is 11.6 Å². The Morgan fingerprint density at radius 2 is 1.80 bits per heavy atom. The molecule has 126 valence electrons. The summed E-state index contributed by atoms with van der Waals surface area (Å²) < 4.78 is 1.59. The number of nitrogens with one attached hydrogen (secondary N) is 2. The Hall–Kier alpha value is -3.15. The van der Waals surface area contributed by atoms with E-state index in [9.17, 15) is 4.79 Å². The van der Waals surface area contributed by atoms with Gasteiger partial charge in [0.15, 0.2) is 0 Å².